The molecule has 1 amide bonds. The summed E-state index contributed by atoms with van der Waals surface area (Å²) < 4.78 is 51.6. The molecule has 5 aliphatic heterocycles. The summed E-state index contributed by atoms with van der Waals surface area (Å²) in [5.74, 6) is 2.52. The number of anilines is 1. The van der Waals surface area contributed by atoms with Crippen molar-refractivity contribution in [2.75, 3.05) is 24.6 Å². The van der Waals surface area contributed by atoms with E-state index in [1.165, 1.54) is 12.5 Å². The molecule has 6 aliphatic rings. The maximum absolute atomic E-state index is 17.4. The Morgan fingerprint density at radius 2 is 1.96 bits per heavy atom. The Hall–Kier alpha value is -4.76. The number of hydrogen-bond acceptors (Lipinski definition) is 9. The first-order valence-electron chi connectivity index (χ1n) is 18.9. The molecule has 0 N–H and O–H groups in total. The zero-order valence-electron chi connectivity index (χ0n) is 30.4. The molecule has 7 heterocycles. The lowest BCUT2D eigenvalue weighted by Crippen LogP contribution is -2.65. The second-order valence-corrected chi connectivity index (χ2v) is 16.8. The van der Waals surface area contributed by atoms with Gasteiger partial charge in [0, 0.05) is 23.5 Å². The molecule has 1 aliphatic carbocycles. The molecular formula is C41H42F2N6O4. The van der Waals surface area contributed by atoms with Gasteiger partial charge in [-0.3, -0.25) is 9.80 Å². The highest BCUT2D eigenvalue weighted by atomic mass is 19.1. The molecule has 1 unspecified atom stereocenters. The Kier molecular flexibility index (Phi) is 7.05. The number of pyridine rings is 1. The third-order valence-electron chi connectivity index (χ3n) is 12.5. The van der Waals surface area contributed by atoms with Gasteiger partial charge in [-0.2, -0.15) is 9.97 Å². The van der Waals surface area contributed by atoms with Gasteiger partial charge in [0.2, 0.25) is 5.88 Å². The van der Waals surface area contributed by atoms with Gasteiger partial charge in [0.15, 0.2) is 5.82 Å². The molecule has 1 saturated carbocycles. The Labute approximate surface area is 306 Å². The van der Waals surface area contributed by atoms with Gasteiger partial charge >= 0.3 is 12.1 Å². The van der Waals surface area contributed by atoms with Crippen LogP contribution in [-0.4, -0.2) is 92.0 Å². The van der Waals surface area contributed by atoms with Crippen LogP contribution in [0.25, 0.3) is 32.9 Å². The van der Waals surface area contributed by atoms with E-state index in [0.717, 1.165) is 38.6 Å². The van der Waals surface area contributed by atoms with E-state index in [4.69, 9.17) is 35.6 Å². The lowest BCUT2D eigenvalue weighted by Gasteiger charge is -2.48. The van der Waals surface area contributed by atoms with Gasteiger partial charge in [-0.1, -0.05) is 30.2 Å². The van der Waals surface area contributed by atoms with Crippen LogP contribution in [0.5, 0.6) is 11.9 Å². The summed E-state index contributed by atoms with van der Waals surface area (Å²) in [4.78, 5) is 34.9. The van der Waals surface area contributed by atoms with E-state index in [2.05, 4.69) is 15.7 Å². The Morgan fingerprint density at radius 1 is 1.11 bits per heavy atom. The highest BCUT2D eigenvalue weighted by molar-refractivity contribution is 6.03. The molecular weight excluding hydrogens is 678 g/mol. The predicted molar refractivity (Wildman–Crippen MR) is 195 cm³/mol. The summed E-state index contributed by atoms with van der Waals surface area (Å²) in [5.41, 5.74) is -0.424. The first kappa shape index (κ1) is 32.9. The maximum Gasteiger partial charge on any atom is 0.410 e. The number of hydrogen-bond donors (Lipinski definition) is 0. The van der Waals surface area contributed by atoms with Crippen LogP contribution in [0.4, 0.5) is 19.4 Å². The summed E-state index contributed by atoms with van der Waals surface area (Å²) in [7, 11) is 0. The van der Waals surface area contributed by atoms with Crippen molar-refractivity contribution in [1.29, 1.82) is 0 Å². The van der Waals surface area contributed by atoms with Gasteiger partial charge in [-0.15, -0.1) is 6.42 Å². The van der Waals surface area contributed by atoms with Gasteiger partial charge in [-0.25, -0.2) is 18.6 Å². The molecule has 4 saturated heterocycles. The summed E-state index contributed by atoms with van der Waals surface area (Å²) in [6, 6.07) is 8.17. The quantitative estimate of drug-likeness (QED) is 0.210. The maximum atomic E-state index is 17.4. The number of aromatic nitrogens is 3. The Bertz CT molecular complexity index is 2270. The van der Waals surface area contributed by atoms with Crippen LogP contribution in [-0.2, 0) is 4.74 Å². The van der Waals surface area contributed by atoms with Gasteiger partial charge in [0.25, 0.3) is 0 Å². The standard InChI is InChI=1S/C41H42F2N6O4/c1-6-25-27(42)13-11-22-9-7-10-26(30(22)25)33-32(43)34-31-36(46-38(45-34)51-20-41-15-8-16-48(41)29-17-23(29)18-41)47-19-24-12-14-28(35(47)21(2)52-37(31)44-33)49(24)39(50)53-40(3,4)5/h1,7,9-11,13,21,23-24,28-29,35H,8,12,14-20H2,2-5H3/t21-,23+,24+,28-,29+,35+,41?/m0/s1. The Balaban J connectivity index is 1.14. The van der Waals surface area contributed by atoms with E-state index in [0.29, 0.717) is 52.7 Å². The average Bonchev–Trinajstić information content (AvgIpc) is 3.49. The molecule has 2 aromatic carbocycles. The highest BCUT2D eigenvalue weighted by Gasteiger charge is 2.61. The van der Waals surface area contributed by atoms with Crippen molar-refractivity contribution < 1.29 is 27.8 Å². The first-order chi connectivity index (χ1) is 25.4. The fraction of sp³-hybridized carbons (Fsp3) is 0.512. The van der Waals surface area contributed by atoms with Gasteiger partial charge in [-0.05, 0) is 90.1 Å². The van der Waals surface area contributed by atoms with E-state index in [1.807, 2.05) is 32.6 Å². The lowest BCUT2D eigenvalue weighted by atomic mass is 9.93. The third kappa shape index (κ3) is 4.92. The molecule has 0 spiro atoms. The van der Waals surface area contributed by atoms with E-state index in [-0.39, 0.29) is 58.4 Å². The fourth-order valence-corrected chi connectivity index (χ4v) is 10.4. The number of ether oxygens (including phenoxy) is 3. The number of halogens is 2. The van der Waals surface area contributed by atoms with Crippen molar-refractivity contribution in [2.45, 2.75) is 108 Å². The van der Waals surface area contributed by atoms with Crippen molar-refractivity contribution in [3.05, 3.63) is 47.5 Å². The summed E-state index contributed by atoms with van der Waals surface area (Å²) >= 11 is 0. The van der Waals surface area contributed by atoms with Crippen LogP contribution in [0, 0.1) is 29.9 Å². The number of benzene rings is 2. The van der Waals surface area contributed by atoms with Crippen LogP contribution in [0.2, 0.25) is 0 Å². The number of terminal acetylenes is 1. The monoisotopic (exact) mass is 720 g/mol. The SMILES string of the molecule is C#Cc1c(F)ccc2cccc(-c3nc4c5c(nc(OCC67CCCN6[C@@H]6C[C@@H]6C7)nc5c3F)N3C[C@H]5CC[C@@H]([C@H]3[C@H](C)O4)N5C(=O)OC(C)(C)C)c12. The van der Waals surface area contributed by atoms with E-state index >= 15 is 8.78 Å². The van der Waals surface area contributed by atoms with Crippen LogP contribution in [0.1, 0.15) is 71.8 Å². The van der Waals surface area contributed by atoms with Gasteiger partial charge < -0.3 is 19.1 Å². The predicted octanol–water partition coefficient (Wildman–Crippen LogP) is 6.85. The molecule has 10 nitrogen and oxygen atoms in total. The van der Waals surface area contributed by atoms with Gasteiger partial charge in [0.1, 0.15) is 46.5 Å². The molecule has 4 aromatic rings. The molecule has 2 bridgehead atoms. The number of carbonyl (C=O) groups is 1. The topological polar surface area (TPSA) is 93.2 Å². The molecule has 12 heteroatoms. The fourth-order valence-electron chi connectivity index (χ4n) is 10.4. The molecule has 10 rings (SSSR count). The number of piperazine rings is 1. The van der Waals surface area contributed by atoms with Crippen LogP contribution >= 0.6 is 0 Å². The Morgan fingerprint density at radius 3 is 2.77 bits per heavy atom. The number of nitrogens with zero attached hydrogens (tertiary/aromatic N) is 6. The zero-order chi connectivity index (χ0) is 36.6. The highest BCUT2D eigenvalue weighted by Crippen LogP contribution is 2.57. The summed E-state index contributed by atoms with van der Waals surface area (Å²) in [6.45, 7) is 9.46. The van der Waals surface area contributed by atoms with Crippen LogP contribution in [0.15, 0.2) is 30.3 Å². The number of piperidine rings is 1. The van der Waals surface area contributed by atoms with E-state index in [9.17, 15) is 4.79 Å². The summed E-state index contributed by atoms with van der Waals surface area (Å²) in [6.07, 6.45) is 11.0. The van der Waals surface area contributed by atoms with Gasteiger partial charge in [0.05, 0.1) is 29.2 Å². The second kappa shape index (κ2) is 11.4. The number of fused-ring (bicyclic) bond motifs is 9. The molecule has 274 valence electrons. The minimum absolute atomic E-state index is 0.00507. The van der Waals surface area contributed by atoms with Crippen molar-refractivity contribution in [3.63, 3.8) is 0 Å². The smallest absolute Gasteiger partial charge is 0.410 e. The van der Waals surface area contributed by atoms with Crippen molar-refractivity contribution in [3.8, 4) is 35.5 Å². The number of rotatable bonds is 4. The average molecular weight is 721 g/mol. The normalized spacial score (nSPS) is 29.7. The number of amides is 1. The minimum Gasteiger partial charge on any atom is -0.472 e. The van der Waals surface area contributed by atoms with Crippen molar-refractivity contribution in [1.82, 2.24) is 24.8 Å². The van der Waals surface area contributed by atoms with E-state index < -0.39 is 23.3 Å². The zero-order valence-corrected chi connectivity index (χ0v) is 30.4. The van der Waals surface area contributed by atoms with E-state index in [1.54, 1.807) is 24.3 Å². The lowest BCUT2D eigenvalue weighted by molar-refractivity contribution is 0.000937. The molecule has 53 heavy (non-hydrogen) atoms. The molecule has 5 fully saturated rings. The molecule has 0 radical (unpaired) electrons. The second-order valence-electron chi connectivity index (χ2n) is 16.8. The van der Waals surface area contributed by atoms with Crippen LogP contribution in [0.3, 0.4) is 0 Å². The molecule has 2 aromatic heterocycles. The van der Waals surface area contributed by atoms with Crippen molar-refractivity contribution in [2.24, 2.45) is 5.92 Å². The summed E-state index contributed by atoms with van der Waals surface area (Å²) in [5, 5.41) is 1.36. The number of carbonyl (C=O) groups excluding carboxylic acids is 1. The largest absolute Gasteiger partial charge is 0.472 e. The third-order valence-corrected chi connectivity index (χ3v) is 12.5. The van der Waals surface area contributed by atoms with Crippen LogP contribution < -0.4 is 14.4 Å². The van der Waals surface area contributed by atoms with Crippen molar-refractivity contribution >= 4 is 33.6 Å². The minimum atomic E-state index is -0.704. The first-order valence-corrected chi connectivity index (χ1v) is 18.9. The molecule has 7 atom stereocenters.